The van der Waals surface area contributed by atoms with E-state index in [4.69, 9.17) is 0 Å². The summed E-state index contributed by atoms with van der Waals surface area (Å²) in [4.78, 5) is 13.3. The van der Waals surface area contributed by atoms with Crippen LogP contribution in [0.3, 0.4) is 0 Å². The van der Waals surface area contributed by atoms with Crippen LogP contribution in [0.1, 0.15) is 46.0 Å². The summed E-state index contributed by atoms with van der Waals surface area (Å²) in [5.74, 6) is 0.752. The van der Waals surface area contributed by atoms with Crippen LogP contribution in [0.2, 0.25) is 0 Å². The quantitative estimate of drug-likeness (QED) is 0.726. The molecule has 0 saturated heterocycles. The molecule has 0 bridgehead atoms. The van der Waals surface area contributed by atoms with E-state index in [1.807, 2.05) is 30.3 Å². The molecule has 0 atom stereocenters. The summed E-state index contributed by atoms with van der Waals surface area (Å²) >= 11 is 4.92. The van der Waals surface area contributed by atoms with E-state index < -0.39 is 0 Å². The molecule has 1 aliphatic rings. The van der Waals surface area contributed by atoms with E-state index in [2.05, 4.69) is 22.0 Å². The lowest BCUT2D eigenvalue weighted by Gasteiger charge is -2.27. The Bertz CT molecular complexity index is 584. The van der Waals surface area contributed by atoms with Crippen molar-refractivity contribution in [3.05, 3.63) is 56.2 Å². The Morgan fingerprint density at radius 3 is 2.56 bits per heavy atom. The molecule has 2 aromatic rings. The molecule has 1 aromatic carbocycles. The second-order valence-electron chi connectivity index (χ2n) is 4.65. The topological polar surface area (TPSA) is 17.1 Å². The van der Waals surface area contributed by atoms with E-state index in [9.17, 15) is 4.79 Å². The highest BCUT2D eigenvalue weighted by molar-refractivity contribution is 9.11. The van der Waals surface area contributed by atoms with Crippen LogP contribution in [0, 0.1) is 0 Å². The van der Waals surface area contributed by atoms with Gasteiger partial charge >= 0.3 is 0 Å². The van der Waals surface area contributed by atoms with Gasteiger partial charge in [-0.1, -0.05) is 30.7 Å². The molecule has 1 fully saturated rings. The van der Waals surface area contributed by atoms with Crippen molar-refractivity contribution >= 4 is 33.0 Å². The number of benzene rings is 1. The first-order valence-electron chi connectivity index (χ1n) is 6.14. The fraction of sp³-hybridized carbons (Fsp3) is 0.267. The van der Waals surface area contributed by atoms with E-state index in [0.717, 1.165) is 14.2 Å². The van der Waals surface area contributed by atoms with Gasteiger partial charge in [0, 0.05) is 5.56 Å². The number of hydrogen-bond donors (Lipinski definition) is 0. The minimum atomic E-state index is 0.160. The van der Waals surface area contributed by atoms with Gasteiger partial charge in [0.15, 0.2) is 0 Å². The van der Waals surface area contributed by atoms with E-state index >= 15 is 0 Å². The van der Waals surface area contributed by atoms with Gasteiger partial charge in [0.05, 0.1) is 8.66 Å². The molecular formula is C15H13BrOS. The smallest absolute Gasteiger partial charge is 0.203 e. The third-order valence-electron chi connectivity index (χ3n) is 3.55. The molecule has 0 spiro atoms. The summed E-state index contributed by atoms with van der Waals surface area (Å²) < 4.78 is 1.01. The lowest BCUT2D eigenvalue weighted by Crippen LogP contribution is -2.13. The zero-order chi connectivity index (χ0) is 12.5. The Kier molecular flexibility index (Phi) is 3.35. The number of thiophene rings is 1. The van der Waals surface area contributed by atoms with Crippen LogP contribution < -0.4 is 0 Å². The number of ketones is 1. The van der Waals surface area contributed by atoms with Gasteiger partial charge in [0.1, 0.15) is 0 Å². The van der Waals surface area contributed by atoms with Gasteiger partial charge in [-0.15, -0.1) is 11.3 Å². The molecular weight excluding hydrogens is 308 g/mol. The molecule has 0 unspecified atom stereocenters. The number of hydrogen-bond acceptors (Lipinski definition) is 2. The molecule has 1 nitrogen and oxygen atoms in total. The number of carbonyl (C=O) groups excluding carboxylic acids is 1. The highest BCUT2D eigenvalue weighted by Crippen LogP contribution is 2.38. The molecule has 0 N–H and O–H groups in total. The van der Waals surface area contributed by atoms with Gasteiger partial charge in [0.2, 0.25) is 5.78 Å². The first-order chi connectivity index (χ1) is 8.75. The SMILES string of the molecule is O=C(c1ccc(Br)s1)c1ccccc1C1CCC1. The Hall–Kier alpha value is -0.930. The van der Waals surface area contributed by atoms with E-state index in [0.29, 0.717) is 5.92 Å². The molecule has 1 heterocycles. The van der Waals surface area contributed by atoms with Crippen LogP contribution in [-0.2, 0) is 0 Å². The van der Waals surface area contributed by atoms with Crippen molar-refractivity contribution in [3.63, 3.8) is 0 Å². The van der Waals surface area contributed by atoms with Crippen LogP contribution in [0.5, 0.6) is 0 Å². The van der Waals surface area contributed by atoms with Crippen LogP contribution >= 0.6 is 27.3 Å². The normalized spacial score (nSPS) is 15.4. The van der Waals surface area contributed by atoms with Gasteiger partial charge in [0.25, 0.3) is 0 Å². The average molecular weight is 321 g/mol. The van der Waals surface area contributed by atoms with Crippen molar-refractivity contribution in [1.29, 1.82) is 0 Å². The van der Waals surface area contributed by atoms with Crippen molar-refractivity contribution in [2.24, 2.45) is 0 Å². The molecule has 1 aliphatic carbocycles. The highest BCUT2D eigenvalue weighted by Gasteiger charge is 2.24. The largest absolute Gasteiger partial charge is 0.288 e. The van der Waals surface area contributed by atoms with Gasteiger partial charge in [-0.3, -0.25) is 4.79 Å². The van der Waals surface area contributed by atoms with Crippen LogP contribution in [0.15, 0.2) is 40.2 Å². The van der Waals surface area contributed by atoms with Gasteiger partial charge in [-0.2, -0.15) is 0 Å². The summed E-state index contributed by atoms with van der Waals surface area (Å²) in [6.07, 6.45) is 3.73. The minimum absolute atomic E-state index is 0.160. The minimum Gasteiger partial charge on any atom is -0.288 e. The molecule has 1 aromatic heterocycles. The maximum atomic E-state index is 12.5. The zero-order valence-corrected chi connectivity index (χ0v) is 12.3. The Balaban J connectivity index is 1.98. The summed E-state index contributed by atoms with van der Waals surface area (Å²) in [6, 6.07) is 11.9. The molecule has 0 aliphatic heterocycles. The summed E-state index contributed by atoms with van der Waals surface area (Å²) in [6.45, 7) is 0. The maximum Gasteiger partial charge on any atom is 0.203 e. The summed E-state index contributed by atoms with van der Waals surface area (Å²) in [7, 11) is 0. The van der Waals surface area contributed by atoms with Crippen LogP contribution in [-0.4, -0.2) is 5.78 Å². The first-order valence-corrected chi connectivity index (χ1v) is 7.75. The molecule has 92 valence electrons. The van der Waals surface area contributed by atoms with E-state index in [-0.39, 0.29) is 5.78 Å². The predicted octanol–water partition coefficient (Wildman–Crippen LogP) is 5.01. The lowest BCUT2D eigenvalue weighted by atomic mass is 9.77. The first kappa shape index (κ1) is 12.1. The van der Waals surface area contributed by atoms with Crippen molar-refractivity contribution in [3.8, 4) is 0 Å². The standard InChI is InChI=1S/C15H13BrOS/c16-14-9-8-13(18-14)15(17)12-7-2-1-6-11(12)10-4-3-5-10/h1-2,6-10H,3-5H2. The van der Waals surface area contributed by atoms with Gasteiger partial charge < -0.3 is 0 Å². The number of rotatable bonds is 3. The van der Waals surface area contributed by atoms with Crippen molar-refractivity contribution < 1.29 is 4.79 Å². The van der Waals surface area contributed by atoms with Crippen LogP contribution in [0.25, 0.3) is 0 Å². The third kappa shape index (κ3) is 2.17. The van der Waals surface area contributed by atoms with Crippen molar-refractivity contribution in [2.75, 3.05) is 0 Å². The maximum absolute atomic E-state index is 12.5. The number of carbonyl (C=O) groups is 1. The molecule has 0 amide bonds. The summed E-state index contributed by atoms with van der Waals surface area (Å²) in [5.41, 5.74) is 2.12. The van der Waals surface area contributed by atoms with Crippen LogP contribution in [0.4, 0.5) is 0 Å². The Morgan fingerprint density at radius 2 is 1.94 bits per heavy atom. The summed E-state index contributed by atoms with van der Waals surface area (Å²) in [5, 5.41) is 0. The second kappa shape index (κ2) is 4.98. The number of halogens is 1. The third-order valence-corrected chi connectivity index (χ3v) is 5.17. The molecule has 18 heavy (non-hydrogen) atoms. The van der Waals surface area contributed by atoms with Gasteiger partial charge in [-0.25, -0.2) is 0 Å². The zero-order valence-electron chi connectivity index (χ0n) is 9.86. The van der Waals surface area contributed by atoms with Gasteiger partial charge in [-0.05, 0) is 52.4 Å². The Labute approximate surface area is 119 Å². The van der Waals surface area contributed by atoms with Crippen molar-refractivity contribution in [2.45, 2.75) is 25.2 Å². The lowest BCUT2D eigenvalue weighted by molar-refractivity contribution is 0.104. The Morgan fingerprint density at radius 1 is 1.17 bits per heavy atom. The molecule has 3 heteroatoms. The fourth-order valence-corrected chi connectivity index (χ4v) is 3.69. The molecule has 1 saturated carbocycles. The van der Waals surface area contributed by atoms with E-state index in [1.54, 1.807) is 0 Å². The van der Waals surface area contributed by atoms with Crippen molar-refractivity contribution in [1.82, 2.24) is 0 Å². The molecule has 3 rings (SSSR count). The predicted molar refractivity (Wildman–Crippen MR) is 78.5 cm³/mol. The monoisotopic (exact) mass is 320 g/mol. The molecule has 0 radical (unpaired) electrons. The highest BCUT2D eigenvalue weighted by atomic mass is 79.9. The average Bonchev–Trinajstić information content (AvgIpc) is 2.74. The van der Waals surface area contributed by atoms with E-state index in [1.165, 1.54) is 36.2 Å². The fourth-order valence-electron chi connectivity index (χ4n) is 2.35. The second-order valence-corrected chi connectivity index (χ2v) is 7.11.